The number of nitrogens with zero attached hydrogens (tertiary/aromatic N) is 6. The number of carbonyl (C=O) groups is 2. The van der Waals surface area contributed by atoms with Gasteiger partial charge in [0.25, 0.3) is 11.5 Å². The van der Waals surface area contributed by atoms with E-state index in [2.05, 4.69) is 20.4 Å². The quantitative estimate of drug-likeness (QED) is 0.408. The highest BCUT2D eigenvalue weighted by molar-refractivity contribution is 5.98. The first-order valence-corrected chi connectivity index (χ1v) is 11.6. The molecule has 1 aliphatic rings. The summed E-state index contributed by atoms with van der Waals surface area (Å²) < 4.78 is 21.1. The molecule has 0 unspecified atom stereocenters. The lowest BCUT2D eigenvalue weighted by atomic mass is 10.2. The van der Waals surface area contributed by atoms with Crippen LogP contribution in [0.4, 0.5) is 10.2 Å². The molecule has 1 atom stereocenters. The number of carbonyl (C=O) groups excluding carboxylic acids is 2. The fourth-order valence-corrected chi connectivity index (χ4v) is 4.35. The molecular formula is C25H24FN7O4. The van der Waals surface area contributed by atoms with E-state index in [9.17, 15) is 18.8 Å². The van der Waals surface area contributed by atoms with Crippen LogP contribution in [0.1, 0.15) is 28.5 Å². The van der Waals surface area contributed by atoms with Crippen molar-refractivity contribution in [2.75, 3.05) is 19.0 Å². The number of ether oxygens (including phenoxy) is 1. The molecule has 1 N–H and O–H groups in total. The number of pyridine rings is 2. The summed E-state index contributed by atoms with van der Waals surface area (Å²) in [6.07, 6.45) is 2.68. The zero-order valence-electron chi connectivity index (χ0n) is 20.4. The largest absolute Gasteiger partial charge is 0.383 e. The van der Waals surface area contributed by atoms with Gasteiger partial charge in [0.05, 0.1) is 36.6 Å². The predicted octanol–water partition coefficient (Wildman–Crippen LogP) is 2.03. The van der Waals surface area contributed by atoms with Gasteiger partial charge in [0, 0.05) is 19.4 Å². The molecule has 0 radical (unpaired) electrons. The smallest absolute Gasteiger partial charge is 0.280 e. The van der Waals surface area contributed by atoms with Crippen molar-refractivity contribution in [3.63, 3.8) is 0 Å². The van der Waals surface area contributed by atoms with Crippen LogP contribution in [0.15, 0.2) is 47.5 Å². The van der Waals surface area contributed by atoms with Crippen LogP contribution in [0.5, 0.6) is 0 Å². The zero-order valence-corrected chi connectivity index (χ0v) is 20.4. The maximum absolute atomic E-state index is 13.5. The average Bonchev–Trinajstić information content (AvgIpc) is 3.47. The summed E-state index contributed by atoms with van der Waals surface area (Å²) in [7, 11) is 1.53. The van der Waals surface area contributed by atoms with E-state index in [0.29, 0.717) is 11.4 Å². The molecule has 4 aromatic heterocycles. The van der Waals surface area contributed by atoms with Gasteiger partial charge in [0.2, 0.25) is 5.91 Å². The Bertz CT molecular complexity index is 1560. The van der Waals surface area contributed by atoms with Crippen LogP contribution < -0.4 is 10.9 Å². The lowest BCUT2D eigenvalue weighted by molar-refractivity contribution is -0.116. The Morgan fingerprint density at radius 1 is 1.16 bits per heavy atom. The number of aromatic nitrogens is 5. The summed E-state index contributed by atoms with van der Waals surface area (Å²) in [5.74, 6) is -1.28. The van der Waals surface area contributed by atoms with Crippen LogP contribution in [0.25, 0.3) is 17.0 Å². The highest BCUT2D eigenvalue weighted by Crippen LogP contribution is 2.26. The van der Waals surface area contributed by atoms with Crippen LogP contribution in [0.3, 0.4) is 0 Å². The van der Waals surface area contributed by atoms with Gasteiger partial charge in [0.1, 0.15) is 35.2 Å². The van der Waals surface area contributed by atoms with Gasteiger partial charge in [-0.3, -0.25) is 19.4 Å². The lowest BCUT2D eigenvalue weighted by Crippen LogP contribution is -2.37. The molecule has 2 amide bonds. The summed E-state index contributed by atoms with van der Waals surface area (Å²) in [6.45, 7) is 3.76. The second-order valence-electron chi connectivity index (χ2n) is 8.89. The summed E-state index contributed by atoms with van der Waals surface area (Å²) in [4.78, 5) is 49.7. The number of amides is 2. The summed E-state index contributed by atoms with van der Waals surface area (Å²) in [6, 6.07) is 7.49. The summed E-state index contributed by atoms with van der Waals surface area (Å²) >= 11 is 0. The predicted molar refractivity (Wildman–Crippen MR) is 131 cm³/mol. The maximum atomic E-state index is 13.5. The molecule has 0 aliphatic carbocycles. The number of hydrogen-bond acceptors (Lipinski definition) is 7. The Kier molecular flexibility index (Phi) is 6.25. The summed E-state index contributed by atoms with van der Waals surface area (Å²) in [5.41, 5.74) is 2.10. The molecule has 0 saturated carbocycles. The van der Waals surface area contributed by atoms with Gasteiger partial charge >= 0.3 is 0 Å². The Labute approximate surface area is 210 Å². The first kappa shape index (κ1) is 24.3. The number of methoxy groups -OCH3 is 1. The molecule has 0 spiro atoms. The highest BCUT2D eigenvalue weighted by Gasteiger charge is 2.37. The van der Waals surface area contributed by atoms with Gasteiger partial charge < -0.3 is 19.5 Å². The van der Waals surface area contributed by atoms with Gasteiger partial charge in [-0.1, -0.05) is 6.07 Å². The van der Waals surface area contributed by atoms with E-state index in [1.54, 1.807) is 18.3 Å². The number of fused-ring (bicyclic) bond motifs is 2. The van der Waals surface area contributed by atoms with Crippen LogP contribution in [-0.2, 0) is 22.6 Å². The molecular weight excluding hydrogens is 481 g/mol. The standard InChI is InChI=1S/C25H24FN7O4/c1-14-4-6-18(27-9-14)19-8-22-32(12-21(34)29-20-7-5-16(26)10-28-20)23-17(24(35)33(22)30-19)11-31(25(23)36)15(2)13-37-3/h4-10,15H,11-13H2,1-3H3,(H,28,29,34)/t15-/m0/s1. The third-order valence-electron chi connectivity index (χ3n) is 6.18. The van der Waals surface area contributed by atoms with Gasteiger partial charge in [-0.05, 0) is 37.6 Å². The molecule has 1 aliphatic heterocycles. The van der Waals surface area contributed by atoms with Crippen molar-refractivity contribution in [3.05, 3.63) is 75.7 Å². The topological polar surface area (TPSA) is 124 Å². The van der Waals surface area contributed by atoms with Crippen molar-refractivity contribution in [1.29, 1.82) is 0 Å². The van der Waals surface area contributed by atoms with Gasteiger partial charge in [-0.25, -0.2) is 9.37 Å². The highest BCUT2D eigenvalue weighted by atomic mass is 19.1. The first-order chi connectivity index (χ1) is 17.8. The first-order valence-electron chi connectivity index (χ1n) is 11.6. The van der Waals surface area contributed by atoms with Gasteiger partial charge in [0.15, 0.2) is 0 Å². The van der Waals surface area contributed by atoms with Crippen molar-refractivity contribution < 1.29 is 18.7 Å². The molecule has 5 heterocycles. The van der Waals surface area contributed by atoms with E-state index in [1.807, 2.05) is 19.9 Å². The Hall–Kier alpha value is -4.45. The molecule has 5 rings (SSSR count). The van der Waals surface area contributed by atoms with Crippen LogP contribution in [-0.4, -0.2) is 60.6 Å². The fraction of sp³-hybridized carbons (Fsp3) is 0.280. The number of aryl methyl sites for hydroxylation is 1. The van der Waals surface area contributed by atoms with Gasteiger partial charge in [-0.15, -0.1) is 0 Å². The lowest BCUT2D eigenvalue weighted by Gasteiger charge is -2.23. The number of nitrogens with one attached hydrogen (secondary N) is 1. The fourth-order valence-electron chi connectivity index (χ4n) is 4.35. The monoisotopic (exact) mass is 505 g/mol. The van der Waals surface area contributed by atoms with Crippen molar-refractivity contribution in [1.82, 2.24) is 29.0 Å². The number of hydrogen-bond donors (Lipinski definition) is 1. The molecule has 0 fully saturated rings. The van der Waals surface area contributed by atoms with Crippen molar-refractivity contribution >= 4 is 23.3 Å². The molecule has 0 aromatic carbocycles. The third-order valence-corrected chi connectivity index (χ3v) is 6.18. The SMILES string of the molecule is COC[C@H](C)N1Cc2c(n(CC(=O)Nc3ccc(F)cn3)c3cc(-c4ccc(C)cn4)nn3c2=O)C1=O. The minimum Gasteiger partial charge on any atom is -0.383 e. The number of anilines is 1. The van der Waals surface area contributed by atoms with E-state index >= 15 is 0 Å². The van der Waals surface area contributed by atoms with E-state index in [-0.39, 0.29) is 54.4 Å². The maximum Gasteiger partial charge on any atom is 0.280 e. The molecule has 37 heavy (non-hydrogen) atoms. The van der Waals surface area contributed by atoms with Crippen molar-refractivity contribution in [2.45, 2.75) is 33.0 Å². The second kappa shape index (κ2) is 9.54. The molecule has 11 nitrogen and oxygen atoms in total. The van der Waals surface area contributed by atoms with Crippen LogP contribution in [0.2, 0.25) is 0 Å². The third kappa shape index (κ3) is 4.47. The van der Waals surface area contributed by atoms with E-state index in [1.165, 1.54) is 33.2 Å². The summed E-state index contributed by atoms with van der Waals surface area (Å²) in [5, 5.41) is 7.06. The second-order valence-corrected chi connectivity index (χ2v) is 8.89. The minimum absolute atomic E-state index is 0.0621. The molecule has 0 saturated heterocycles. The van der Waals surface area contributed by atoms with E-state index in [4.69, 9.17) is 4.74 Å². The molecule has 12 heteroatoms. The van der Waals surface area contributed by atoms with Crippen molar-refractivity contribution in [2.24, 2.45) is 0 Å². The van der Waals surface area contributed by atoms with E-state index in [0.717, 1.165) is 11.8 Å². The van der Waals surface area contributed by atoms with Gasteiger partial charge in [-0.2, -0.15) is 9.61 Å². The molecule has 0 bridgehead atoms. The molecule has 4 aromatic rings. The zero-order chi connectivity index (χ0) is 26.3. The average molecular weight is 506 g/mol. The minimum atomic E-state index is -0.537. The van der Waals surface area contributed by atoms with E-state index < -0.39 is 17.3 Å². The normalized spacial score (nSPS) is 13.7. The Morgan fingerprint density at radius 2 is 1.97 bits per heavy atom. The van der Waals surface area contributed by atoms with Crippen molar-refractivity contribution in [3.8, 4) is 11.4 Å². The Morgan fingerprint density at radius 3 is 2.65 bits per heavy atom. The number of halogens is 1. The van der Waals surface area contributed by atoms with Crippen LogP contribution in [0, 0.1) is 12.7 Å². The number of rotatable bonds is 7. The Balaban J connectivity index is 1.61. The molecule has 190 valence electrons. The van der Waals surface area contributed by atoms with Crippen LogP contribution >= 0.6 is 0 Å².